The van der Waals surface area contributed by atoms with Gasteiger partial charge >= 0.3 is 0 Å². The van der Waals surface area contributed by atoms with E-state index < -0.39 is 0 Å². The molecule has 0 aromatic rings. The molecule has 1 heterocycles. The third-order valence-electron chi connectivity index (χ3n) is 1.99. The second-order valence-corrected chi connectivity index (χ2v) is 2.79. The van der Waals surface area contributed by atoms with Crippen LogP contribution in [0.5, 0.6) is 0 Å². The highest BCUT2D eigenvalue weighted by atomic mass is 16.2. The summed E-state index contributed by atoms with van der Waals surface area (Å²) in [7, 11) is 1.72. The molecule has 1 aliphatic rings. The van der Waals surface area contributed by atoms with Gasteiger partial charge in [-0.1, -0.05) is 0 Å². The number of hydrazine groups is 1. The summed E-state index contributed by atoms with van der Waals surface area (Å²) in [5.41, 5.74) is 0. The zero-order valence-corrected chi connectivity index (χ0v) is 7.86. The van der Waals surface area contributed by atoms with Crippen LogP contribution < -0.4 is 17.0 Å². The molecule has 0 radical (unpaired) electrons. The number of nitrogens with one attached hydrogen (secondary N) is 1. The number of hydrogen-bond acceptors (Lipinski definition) is 5. The predicted octanol–water partition coefficient (Wildman–Crippen LogP) is -1.83. The topological polar surface area (TPSA) is 101 Å². The lowest BCUT2D eigenvalue weighted by Crippen LogP contribution is -2.55. The molecule has 0 aliphatic carbocycles. The van der Waals surface area contributed by atoms with Crippen molar-refractivity contribution in [3.8, 4) is 0 Å². The summed E-state index contributed by atoms with van der Waals surface area (Å²) < 4.78 is 0. The van der Waals surface area contributed by atoms with E-state index in [0.29, 0.717) is 0 Å². The van der Waals surface area contributed by atoms with Crippen molar-refractivity contribution in [3.05, 3.63) is 0 Å². The molecule has 0 spiro atoms. The Bertz CT molecular complexity index is 185. The lowest BCUT2D eigenvalue weighted by molar-refractivity contribution is -0.137. The van der Waals surface area contributed by atoms with Crippen molar-refractivity contribution in [2.45, 2.75) is 25.6 Å². The Balaban J connectivity index is 0.000000671. The Labute approximate surface area is 77.2 Å². The molecule has 1 saturated heterocycles. The molecule has 6 nitrogen and oxygen atoms in total. The van der Waals surface area contributed by atoms with Crippen LogP contribution in [0.3, 0.4) is 0 Å². The summed E-state index contributed by atoms with van der Waals surface area (Å²) in [4.78, 5) is 23.0. The van der Waals surface area contributed by atoms with Crippen molar-refractivity contribution in [3.63, 3.8) is 0 Å². The van der Waals surface area contributed by atoms with Gasteiger partial charge in [-0.3, -0.25) is 21.8 Å². The van der Waals surface area contributed by atoms with Gasteiger partial charge in [-0.2, -0.15) is 0 Å². The van der Waals surface area contributed by atoms with E-state index in [1.807, 2.05) is 6.92 Å². The van der Waals surface area contributed by atoms with Crippen molar-refractivity contribution < 1.29 is 9.59 Å². The van der Waals surface area contributed by atoms with E-state index in [1.165, 1.54) is 0 Å². The second-order valence-electron chi connectivity index (χ2n) is 2.79. The Morgan fingerprint density at radius 1 is 1.62 bits per heavy atom. The molecule has 2 atom stereocenters. The minimum atomic E-state index is -0.298. The van der Waals surface area contributed by atoms with Crippen molar-refractivity contribution in [1.29, 1.82) is 0 Å². The lowest BCUT2D eigenvalue weighted by atomic mass is 10.1. The quantitative estimate of drug-likeness (QED) is 0.255. The maximum Gasteiger partial charge on any atom is 0.225 e. The van der Waals surface area contributed by atoms with Gasteiger partial charge in [-0.05, 0) is 6.92 Å². The van der Waals surface area contributed by atoms with Gasteiger partial charge in [0.05, 0.1) is 12.2 Å². The highest BCUT2D eigenvalue weighted by molar-refractivity contribution is 5.81. The Morgan fingerprint density at radius 3 is 2.54 bits per heavy atom. The van der Waals surface area contributed by atoms with Crippen LogP contribution in [-0.2, 0) is 9.59 Å². The van der Waals surface area contributed by atoms with Gasteiger partial charge in [0.15, 0.2) is 0 Å². The lowest BCUT2D eigenvalue weighted by Gasteiger charge is -2.33. The minimum Gasteiger partial charge on any atom is -0.330 e. The first-order valence-corrected chi connectivity index (χ1v) is 3.95. The van der Waals surface area contributed by atoms with E-state index in [4.69, 9.17) is 0 Å². The Kier molecular flexibility index (Phi) is 5.20. The molecule has 0 aromatic carbocycles. The third-order valence-corrected chi connectivity index (χ3v) is 1.99. The van der Waals surface area contributed by atoms with Crippen molar-refractivity contribution in [2.24, 2.45) is 11.7 Å². The van der Waals surface area contributed by atoms with Crippen molar-refractivity contribution in [1.82, 2.24) is 10.2 Å². The van der Waals surface area contributed by atoms with E-state index in [2.05, 4.69) is 17.0 Å². The first kappa shape index (κ1) is 12.0. The number of hydrogen-bond donors (Lipinski definition) is 3. The molecule has 1 amide bonds. The van der Waals surface area contributed by atoms with Gasteiger partial charge in [0.2, 0.25) is 5.91 Å². The van der Waals surface area contributed by atoms with Crippen LogP contribution in [-0.4, -0.2) is 36.3 Å². The first-order chi connectivity index (χ1) is 6.15. The van der Waals surface area contributed by atoms with Gasteiger partial charge < -0.3 is 9.69 Å². The fourth-order valence-electron chi connectivity index (χ4n) is 1.12. The molecule has 76 valence electrons. The van der Waals surface area contributed by atoms with Crippen LogP contribution >= 0.6 is 0 Å². The number of rotatable bonds is 1. The molecule has 0 bridgehead atoms. The predicted molar refractivity (Wildman–Crippen MR) is 48.2 cm³/mol. The van der Waals surface area contributed by atoms with E-state index in [9.17, 15) is 9.59 Å². The number of carbonyl (C=O) groups is 2. The number of nitrogens with two attached hydrogens (primary N) is 2. The highest BCUT2D eigenvalue weighted by Gasteiger charge is 2.26. The summed E-state index contributed by atoms with van der Waals surface area (Å²) in [5.74, 6) is 8.02. The largest absolute Gasteiger partial charge is 0.330 e. The van der Waals surface area contributed by atoms with E-state index in [-0.39, 0.29) is 24.5 Å². The van der Waals surface area contributed by atoms with Crippen molar-refractivity contribution in [2.75, 3.05) is 7.05 Å². The summed E-state index contributed by atoms with van der Waals surface area (Å²) in [6, 6.07) is -0.298. The molecule has 0 saturated carbocycles. The second kappa shape index (κ2) is 5.63. The summed E-state index contributed by atoms with van der Waals surface area (Å²) in [6.07, 6.45) is 1.03. The smallest absolute Gasteiger partial charge is 0.225 e. The Morgan fingerprint density at radius 2 is 2.15 bits per heavy atom. The molecule has 1 aliphatic heterocycles. The number of aldehydes is 1. The van der Waals surface area contributed by atoms with Crippen LogP contribution in [0.25, 0.3) is 0 Å². The summed E-state index contributed by atoms with van der Waals surface area (Å²) in [6.45, 7) is 1.85. The van der Waals surface area contributed by atoms with Crippen molar-refractivity contribution >= 4 is 12.2 Å². The van der Waals surface area contributed by atoms with Crippen LogP contribution in [0.4, 0.5) is 0 Å². The average Bonchev–Trinajstić information content (AvgIpc) is 2.16. The molecule has 1 rings (SSSR count). The van der Waals surface area contributed by atoms with Crippen LogP contribution in [0.2, 0.25) is 0 Å². The monoisotopic (exact) mass is 188 g/mol. The zero-order chi connectivity index (χ0) is 10.4. The van der Waals surface area contributed by atoms with E-state index >= 15 is 0 Å². The van der Waals surface area contributed by atoms with E-state index in [0.717, 1.165) is 6.29 Å². The average molecular weight is 188 g/mol. The normalized spacial score (nSPS) is 27.7. The van der Waals surface area contributed by atoms with Gasteiger partial charge in [-0.15, -0.1) is 0 Å². The van der Waals surface area contributed by atoms with E-state index in [1.54, 1.807) is 11.9 Å². The van der Waals surface area contributed by atoms with Gasteiger partial charge in [0.1, 0.15) is 6.29 Å². The molecular weight excluding hydrogens is 172 g/mol. The molecule has 5 N–H and O–H groups in total. The van der Waals surface area contributed by atoms with Crippen LogP contribution in [0, 0.1) is 0 Å². The third kappa shape index (κ3) is 3.10. The standard InChI is InChI=1S/C7H12N2O2.H4N2/c1-5-8-6(4-10)3-7(11)9(5)2;1-2/h4-6,8H,3H2,1-2H3;1-2H2. The zero-order valence-electron chi connectivity index (χ0n) is 7.86. The maximum atomic E-state index is 11.1. The van der Waals surface area contributed by atoms with Gasteiger partial charge in [0.25, 0.3) is 0 Å². The summed E-state index contributed by atoms with van der Waals surface area (Å²) >= 11 is 0. The fraction of sp³-hybridized carbons (Fsp3) is 0.714. The molecule has 0 aromatic heterocycles. The van der Waals surface area contributed by atoms with Crippen LogP contribution in [0.15, 0.2) is 0 Å². The first-order valence-electron chi connectivity index (χ1n) is 3.95. The molecular formula is C7H16N4O2. The minimum absolute atomic E-state index is 0.0216. The SMILES string of the molecule is CC1NC(C=O)CC(=O)N1C.NN. The number of nitrogens with zero attached hydrogens (tertiary/aromatic N) is 1. The van der Waals surface area contributed by atoms with Gasteiger partial charge in [-0.25, -0.2) is 0 Å². The Hall–Kier alpha value is -0.980. The molecule has 2 unspecified atom stereocenters. The fourth-order valence-corrected chi connectivity index (χ4v) is 1.12. The number of amides is 1. The summed E-state index contributed by atoms with van der Waals surface area (Å²) in [5, 5.41) is 2.98. The van der Waals surface area contributed by atoms with Gasteiger partial charge in [0, 0.05) is 13.5 Å². The highest BCUT2D eigenvalue weighted by Crippen LogP contribution is 2.06. The van der Waals surface area contributed by atoms with Crippen LogP contribution in [0.1, 0.15) is 13.3 Å². The maximum absolute atomic E-state index is 11.1. The molecule has 6 heteroatoms. The molecule has 1 fully saturated rings. The molecule has 13 heavy (non-hydrogen) atoms. The number of carbonyl (C=O) groups excluding carboxylic acids is 2.